The van der Waals surface area contributed by atoms with Crippen LogP contribution in [-0.4, -0.2) is 0 Å². The Kier molecular flexibility index (Phi) is 10.0. The van der Waals surface area contributed by atoms with E-state index < -0.39 is 0 Å². The Labute approximate surface area is 77.4 Å². The van der Waals surface area contributed by atoms with Gasteiger partial charge in [-0.3, -0.25) is 0 Å². The van der Waals surface area contributed by atoms with E-state index in [1.807, 2.05) is 0 Å². The molecule has 0 heteroatoms. The summed E-state index contributed by atoms with van der Waals surface area (Å²) in [5, 5.41) is 0. The molecule has 1 radical (unpaired) electrons. The molecule has 0 aromatic heterocycles. The number of hydrogen-bond acceptors (Lipinski definition) is 0. The molecule has 0 spiro atoms. The van der Waals surface area contributed by atoms with E-state index in [0.717, 1.165) is 12.8 Å². The Morgan fingerprint density at radius 1 is 1.00 bits per heavy atom. The molecule has 0 aromatic carbocycles. The van der Waals surface area contributed by atoms with Crippen LogP contribution in [0.5, 0.6) is 0 Å². The number of unbranched alkanes of at least 4 members (excludes halogenated alkanes) is 4. The quantitative estimate of drug-likeness (QED) is 0.390. The largest absolute Gasteiger partial charge is 0.0848 e. The summed E-state index contributed by atoms with van der Waals surface area (Å²) >= 11 is 0. The van der Waals surface area contributed by atoms with Crippen LogP contribution < -0.4 is 0 Å². The van der Waals surface area contributed by atoms with Crippen molar-refractivity contribution in [3.63, 3.8) is 0 Å². The molecule has 0 fully saturated rings. The second-order valence-electron chi connectivity index (χ2n) is 2.97. The zero-order valence-electron chi connectivity index (χ0n) is 8.26. The van der Waals surface area contributed by atoms with Gasteiger partial charge in [0.2, 0.25) is 0 Å². The van der Waals surface area contributed by atoms with Crippen molar-refractivity contribution in [2.45, 2.75) is 45.4 Å². The van der Waals surface area contributed by atoms with Crippen molar-refractivity contribution in [2.75, 3.05) is 0 Å². The fourth-order valence-corrected chi connectivity index (χ4v) is 1.01. The van der Waals surface area contributed by atoms with Gasteiger partial charge in [0.1, 0.15) is 0 Å². The molecule has 0 aliphatic rings. The molecular weight excluding hydrogens is 144 g/mol. The summed E-state index contributed by atoms with van der Waals surface area (Å²) in [6, 6.07) is 0. The first-order valence-electron chi connectivity index (χ1n) is 5.02. The van der Waals surface area contributed by atoms with E-state index in [2.05, 4.69) is 38.2 Å². The van der Waals surface area contributed by atoms with Crippen LogP contribution in [0, 0.1) is 6.92 Å². The average molecular weight is 165 g/mol. The second kappa shape index (κ2) is 10.5. The van der Waals surface area contributed by atoms with E-state index in [1.165, 1.54) is 25.7 Å². The SMILES string of the molecule is [CH2]CCCCC/C=C/C=C\CC. The lowest BCUT2D eigenvalue weighted by Gasteiger charge is -1.92. The molecule has 12 heavy (non-hydrogen) atoms. The van der Waals surface area contributed by atoms with Gasteiger partial charge in [-0.15, -0.1) is 0 Å². The zero-order valence-corrected chi connectivity index (χ0v) is 8.26. The third kappa shape index (κ3) is 9.48. The van der Waals surface area contributed by atoms with E-state index in [4.69, 9.17) is 0 Å². The van der Waals surface area contributed by atoms with Gasteiger partial charge in [0.15, 0.2) is 0 Å². The first-order valence-corrected chi connectivity index (χ1v) is 5.02. The monoisotopic (exact) mass is 165 g/mol. The van der Waals surface area contributed by atoms with Gasteiger partial charge in [-0.2, -0.15) is 0 Å². The van der Waals surface area contributed by atoms with Gasteiger partial charge < -0.3 is 0 Å². The van der Waals surface area contributed by atoms with Gasteiger partial charge in [-0.1, -0.05) is 57.4 Å². The van der Waals surface area contributed by atoms with Gasteiger partial charge in [0.05, 0.1) is 0 Å². The van der Waals surface area contributed by atoms with E-state index in [-0.39, 0.29) is 0 Å². The van der Waals surface area contributed by atoms with Gasteiger partial charge >= 0.3 is 0 Å². The summed E-state index contributed by atoms with van der Waals surface area (Å²) in [6.07, 6.45) is 16.0. The summed E-state index contributed by atoms with van der Waals surface area (Å²) in [6.45, 7) is 5.97. The molecule has 0 amide bonds. The molecule has 0 saturated heterocycles. The highest BCUT2D eigenvalue weighted by atomic mass is 13.9. The highest BCUT2D eigenvalue weighted by Crippen LogP contribution is 2.02. The topological polar surface area (TPSA) is 0 Å². The lowest BCUT2D eigenvalue weighted by atomic mass is 10.1. The van der Waals surface area contributed by atoms with Crippen LogP contribution >= 0.6 is 0 Å². The van der Waals surface area contributed by atoms with E-state index in [0.29, 0.717) is 0 Å². The van der Waals surface area contributed by atoms with Crippen molar-refractivity contribution in [3.05, 3.63) is 31.2 Å². The lowest BCUT2D eigenvalue weighted by Crippen LogP contribution is -1.73. The molecule has 0 aliphatic carbocycles. The first-order chi connectivity index (χ1) is 5.91. The van der Waals surface area contributed by atoms with Crippen LogP contribution in [0.1, 0.15) is 45.4 Å². The predicted octanol–water partition coefficient (Wildman–Crippen LogP) is 4.29. The van der Waals surface area contributed by atoms with Gasteiger partial charge in [-0.25, -0.2) is 0 Å². The van der Waals surface area contributed by atoms with Crippen LogP contribution in [0.2, 0.25) is 0 Å². The maximum atomic E-state index is 3.81. The molecule has 0 nitrogen and oxygen atoms in total. The zero-order chi connectivity index (χ0) is 9.07. The Morgan fingerprint density at radius 2 is 1.75 bits per heavy atom. The summed E-state index contributed by atoms with van der Waals surface area (Å²) in [5.41, 5.74) is 0. The van der Waals surface area contributed by atoms with Crippen LogP contribution in [0.15, 0.2) is 24.3 Å². The Hall–Kier alpha value is -0.520. The second-order valence-corrected chi connectivity index (χ2v) is 2.97. The van der Waals surface area contributed by atoms with Crippen molar-refractivity contribution < 1.29 is 0 Å². The normalized spacial score (nSPS) is 11.8. The number of allylic oxidation sites excluding steroid dienone is 4. The van der Waals surface area contributed by atoms with Crippen molar-refractivity contribution in [3.8, 4) is 0 Å². The standard InChI is InChI=1S/C12H21/c1-3-5-7-9-11-12-10-8-6-4-2/h6,8,10,12H,1,3-5,7,9,11H2,2H3/b8-6-,12-10+. The summed E-state index contributed by atoms with van der Waals surface area (Å²) < 4.78 is 0. The van der Waals surface area contributed by atoms with E-state index in [9.17, 15) is 0 Å². The number of rotatable bonds is 7. The predicted molar refractivity (Wildman–Crippen MR) is 57.0 cm³/mol. The maximum absolute atomic E-state index is 3.81. The van der Waals surface area contributed by atoms with Crippen molar-refractivity contribution in [1.29, 1.82) is 0 Å². The van der Waals surface area contributed by atoms with Gasteiger partial charge in [0, 0.05) is 0 Å². The maximum Gasteiger partial charge on any atom is -0.0348 e. The molecule has 0 saturated carbocycles. The lowest BCUT2D eigenvalue weighted by molar-refractivity contribution is 0.695. The molecule has 0 rings (SSSR count). The summed E-state index contributed by atoms with van der Waals surface area (Å²) in [7, 11) is 0. The number of hydrogen-bond donors (Lipinski definition) is 0. The molecule has 0 bridgehead atoms. The fourth-order valence-electron chi connectivity index (χ4n) is 1.01. The molecular formula is C12H21. The molecule has 0 unspecified atom stereocenters. The van der Waals surface area contributed by atoms with Crippen molar-refractivity contribution >= 4 is 0 Å². The minimum atomic E-state index is 1.08. The molecule has 0 aliphatic heterocycles. The molecule has 0 atom stereocenters. The van der Waals surface area contributed by atoms with Gasteiger partial charge in [0.25, 0.3) is 0 Å². The first kappa shape index (κ1) is 11.5. The van der Waals surface area contributed by atoms with Gasteiger partial charge in [-0.05, 0) is 19.3 Å². The minimum absolute atomic E-state index is 1.08. The Bertz CT molecular complexity index is 120. The van der Waals surface area contributed by atoms with Crippen LogP contribution in [0.25, 0.3) is 0 Å². The van der Waals surface area contributed by atoms with Crippen LogP contribution in [0.4, 0.5) is 0 Å². The van der Waals surface area contributed by atoms with Crippen LogP contribution in [-0.2, 0) is 0 Å². The average Bonchev–Trinajstić information content (AvgIpc) is 2.10. The third-order valence-corrected chi connectivity index (χ3v) is 1.74. The molecule has 0 heterocycles. The highest BCUT2D eigenvalue weighted by Gasteiger charge is 1.82. The minimum Gasteiger partial charge on any atom is -0.0848 e. The fraction of sp³-hybridized carbons (Fsp3) is 0.583. The Balaban J connectivity index is 3.07. The van der Waals surface area contributed by atoms with Crippen molar-refractivity contribution in [1.82, 2.24) is 0 Å². The van der Waals surface area contributed by atoms with E-state index in [1.54, 1.807) is 0 Å². The summed E-state index contributed by atoms with van der Waals surface area (Å²) in [4.78, 5) is 0. The smallest absolute Gasteiger partial charge is 0.0348 e. The molecule has 0 aromatic rings. The van der Waals surface area contributed by atoms with Crippen molar-refractivity contribution in [2.24, 2.45) is 0 Å². The van der Waals surface area contributed by atoms with Crippen LogP contribution in [0.3, 0.4) is 0 Å². The third-order valence-electron chi connectivity index (χ3n) is 1.74. The summed E-state index contributed by atoms with van der Waals surface area (Å²) in [5.74, 6) is 0. The molecule has 69 valence electrons. The highest BCUT2D eigenvalue weighted by molar-refractivity contribution is 5.01. The molecule has 0 N–H and O–H groups in total. The van der Waals surface area contributed by atoms with E-state index >= 15 is 0 Å². The Morgan fingerprint density at radius 3 is 2.42 bits per heavy atom.